The van der Waals surface area contributed by atoms with Gasteiger partial charge in [-0.3, -0.25) is 10.1 Å². The van der Waals surface area contributed by atoms with Gasteiger partial charge in [0.25, 0.3) is 0 Å². The summed E-state index contributed by atoms with van der Waals surface area (Å²) in [6.07, 6.45) is 1.21. The van der Waals surface area contributed by atoms with E-state index in [2.05, 4.69) is 15.5 Å². The summed E-state index contributed by atoms with van der Waals surface area (Å²) in [6.45, 7) is 5.19. The molecule has 3 aromatic rings. The molecule has 0 fully saturated rings. The molecular formula is C18H20N4O5. The van der Waals surface area contributed by atoms with Crippen LogP contribution in [-0.2, 0) is 0 Å². The summed E-state index contributed by atoms with van der Waals surface area (Å²) in [5, 5.41) is 28.3. The molecule has 0 spiro atoms. The Morgan fingerprint density at radius 1 is 1.41 bits per heavy atom. The molecule has 0 bridgehead atoms. The number of nitrogens with zero attached hydrogens (tertiary/aromatic N) is 3. The number of hydrogen-bond acceptors (Lipinski definition) is 8. The van der Waals surface area contributed by atoms with Gasteiger partial charge in [-0.05, 0) is 32.9 Å². The molecule has 0 saturated carbocycles. The summed E-state index contributed by atoms with van der Waals surface area (Å²) >= 11 is 0. The second-order valence-corrected chi connectivity index (χ2v) is 6.27. The highest BCUT2D eigenvalue weighted by molar-refractivity contribution is 6.00. The molecule has 27 heavy (non-hydrogen) atoms. The van der Waals surface area contributed by atoms with Crippen LogP contribution < -0.4 is 10.1 Å². The van der Waals surface area contributed by atoms with Crippen LogP contribution in [0.3, 0.4) is 0 Å². The third kappa shape index (κ3) is 3.28. The number of aromatic nitrogens is 2. The van der Waals surface area contributed by atoms with Crippen LogP contribution in [0.5, 0.6) is 5.75 Å². The summed E-state index contributed by atoms with van der Waals surface area (Å²) in [4.78, 5) is 15.2. The summed E-state index contributed by atoms with van der Waals surface area (Å²) < 4.78 is 10.8. The van der Waals surface area contributed by atoms with E-state index in [1.807, 2.05) is 6.92 Å². The Labute approximate surface area is 155 Å². The Kier molecular flexibility index (Phi) is 4.95. The van der Waals surface area contributed by atoms with E-state index in [0.29, 0.717) is 28.1 Å². The number of hydrogen-bond donors (Lipinski definition) is 2. The van der Waals surface area contributed by atoms with Gasteiger partial charge < -0.3 is 19.7 Å². The SMILES string of the molecule is COc1cc2c(N[C@@H](C)CO)c([N+](=O)[O-])cnc2cc1-c1c(C)noc1C. The number of nitro groups is 1. The van der Waals surface area contributed by atoms with Crippen LogP contribution >= 0.6 is 0 Å². The van der Waals surface area contributed by atoms with Gasteiger partial charge >= 0.3 is 5.69 Å². The molecule has 2 N–H and O–H groups in total. The minimum absolute atomic E-state index is 0.171. The fraction of sp³-hybridized carbons (Fsp3) is 0.333. The summed E-state index contributed by atoms with van der Waals surface area (Å²) in [5.41, 5.74) is 2.91. The number of aliphatic hydroxyl groups is 1. The van der Waals surface area contributed by atoms with Crippen LogP contribution in [0.15, 0.2) is 22.9 Å². The van der Waals surface area contributed by atoms with Gasteiger partial charge in [-0.25, -0.2) is 4.98 Å². The third-order valence-corrected chi connectivity index (χ3v) is 4.33. The average Bonchev–Trinajstić information content (AvgIpc) is 2.98. The number of fused-ring (bicyclic) bond motifs is 1. The summed E-state index contributed by atoms with van der Waals surface area (Å²) in [7, 11) is 1.52. The molecule has 3 rings (SSSR count). The quantitative estimate of drug-likeness (QED) is 0.499. The number of pyridine rings is 1. The van der Waals surface area contributed by atoms with E-state index in [9.17, 15) is 15.2 Å². The molecule has 0 aliphatic rings. The first-order valence-corrected chi connectivity index (χ1v) is 8.33. The van der Waals surface area contributed by atoms with Crippen LogP contribution in [0.4, 0.5) is 11.4 Å². The molecule has 9 heteroatoms. The number of aliphatic hydroxyl groups excluding tert-OH is 1. The van der Waals surface area contributed by atoms with Crippen molar-refractivity contribution < 1.29 is 19.3 Å². The first-order chi connectivity index (χ1) is 12.9. The standard InChI is InChI=1S/C18H20N4O5/c1-9(8-23)20-18-12-6-16(26-4)13(17-10(2)21-27-11(17)3)5-14(12)19-7-15(18)22(24)25/h5-7,9,23H,8H2,1-4H3,(H,19,20)/t9-/m0/s1. The Bertz CT molecular complexity index is 995. The van der Waals surface area contributed by atoms with Gasteiger partial charge in [-0.1, -0.05) is 5.16 Å². The van der Waals surface area contributed by atoms with Gasteiger partial charge in [-0.15, -0.1) is 0 Å². The van der Waals surface area contributed by atoms with Crippen molar-refractivity contribution in [1.29, 1.82) is 0 Å². The lowest BCUT2D eigenvalue weighted by molar-refractivity contribution is -0.384. The molecule has 1 atom stereocenters. The molecule has 2 heterocycles. The van der Waals surface area contributed by atoms with Crippen LogP contribution in [0.2, 0.25) is 0 Å². The van der Waals surface area contributed by atoms with Crippen LogP contribution in [-0.4, -0.2) is 39.9 Å². The first kappa shape index (κ1) is 18.6. The van der Waals surface area contributed by atoms with E-state index < -0.39 is 4.92 Å². The van der Waals surface area contributed by atoms with Crippen LogP contribution in [0.25, 0.3) is 22.0 Å². The van der Waals surface area contributed by atoms with E-state index in [4.69, 9.17) is 9.26 Å². The number of anilines is 1. The number of nitrogens with one attached hydrogen (secondary N) is 1. The van der Waals surface area contributed by atoms with Crippen molar-refractivity contribution in [3.63, 3.8) is 0 Å². The van der Waals surface area contributed by atoms with Crippen molar-refractivity contribution in [2.24, 2.45) is 0 Å². The van der Waals surface area contributed by atoms with E-state index in [1.165, 1.54) is 13.3 Å². The number of benzene rings is 1. The first-order valence-electron chi connectivity index (χ1n) is 8.33. The van der Waals surface area contributed by atoms with Crippen LogP contribution in [0.1, 0.15) is 18.4 Å². The summed E-state index contributed by atoms with van der Waals surface area (Å²) in [5.74, 6) is 1.15. The van der Waals surface area contributed by atoms with Crippen LogP contribution in [0, 0.1) is 24.0 Å². The maximum atomic E-state index is 11.4. The van der Waals surface area contributed by atoms with Gasteiger partial charge in [0, 0.05) is 17.0 Å². The smallest absolute Gasteiger partial charge is 0.311 e. The van der Waals surface area contributed by atoms with Crippen molar-refractivity contribution in [1.82, 2.24) is 10.1 Å². The number of ether oxygens (including phenoxy) is 1. The van der Waals surface area contributed by atoms with Gasteiger partial charge in [0.2, 0.25) is 0 Å². The highest BCUT2D eigenvalue weighted by Gasteiger charge is 2.23. The topological polar surface area (TPSA) is 124 Å². The molecular weight excluding hydrogens is 352 g/mol. The third-order valence-electron chi connectivity index (χ3n) is 4.33. The predicted octanol–water partition coefficient (Wildman–Crippen LogP) is 3.22. The molecule has 0 amide bonds. The van der Waals surface area contributed by atoms with Gasteiger partial charge in [0.05, 0.1) is 35.4 Å². The van der Waals surface area contributed by atoms with E-state index in [-0.39, 0.29) is 24.0 Å². The minimum Gasteiger partial charge on any atom is -0.496 e. The number of methoxy groups -OCH3 is 1. The lowest BCUT2D eigenvalue weighted by Crippen LogP contribution is -2.20. The normalized spacial score (nSPS) is 12.2. The summed E-state index contributed by atoms with van der Waals surface area (Å²) in [6, 6.07) is 3.12. The largest absolute Gasteiger partial charge is 0.496 e. The lowest BCUT2D eigenvalue weighted by atomic mass is 10.00. The average molecular weight is 372 g/mol. The maximum Gasteiger partial charge on any atom is 0.311 e. The predicted molar refractivity (Wildman–Crippen MR) is 100 cm³/mol. The van der Waals surface area contributed by atoms with E-state index in [1.54, 1.807) is 26.0 Å². The molecule has 2 aromatic heterocycles. The molecule has 9 nitrogen and oxygen atoms in total. The Morgan fingerprint density at radius 3 is 2.70 bits per heavy atom. The monoisotopic (exact) mass is 372 g/mol. The van der Waals surface area contributed by atoms with Gasteiger partial charge in [0.1, 0.15) is 23.4 Å². The molecule has 0 saturated heterocycles. The van der Waals surface area contributed by atoms with E-state index >= 15 is 0 Å². The van der Waals surface area contributed by atoms with Crippen molar-refractivity contribution >= 4 is 22.3 Å². The zero-order valence-corrected chi connectivity index (χ0v) is 15.4. The zero-order chi connectivity index (χ0) is 19.7. The molecule has 142 valence electrons. The van der Waals surface area contributed by atoms with Crippen molar-refractivity contribution in [3.8, 4) is 16.9 Å². The van der Waals surface area contributed by atoms with E-state index in [0.717, 1.165) is 11.1 Å². The molecule has 0 radical (unpaired) electrons. The lowest BCUT2D eigenvalue weighted by Gasteiger charge is -2.16. The van der Waals surface area contributed by atoms with Crippen molar-refractivity contribution in [2.45, 2.75) is 26.8 Å². The zero-order valence-electron chi connectivity index (χ0n) is 15.4. The molecule has 0 unspecified atom stereocenters. The Hall–Kier alpha value is -3.20. The van der Waals surface area contributed by atoms with Crippen molar-refractivity contribution in [3.05, 3.63) is 39.9 Å². The Balaban J connectivity index is 2.31. The Morgan fingerprint density at radius 2 is 2.15 bits per heavy atom. The van der Waals surface area contributed by atoms with Gasteiger partial charge in [0.15, 0.2) is 0 Å². The fourth-order valence-electron chi connectivity index (χ4n) is 3.02. The van der Waals surface area contributed by atoms with Crippen molar-refractivity contribution in [2.75, 3.05) is 19.0 Å². The van der Waals surface area contributed by atoms with Gasteiger partial charge in [-0.2, -0.15) is 0 Å². The minimum atomic E-state index is -0.506. The second kappa shape index (κ2) is 7.20. The number of aryl methyl sites for hydroxylation is 2. The molecule has 1 aromatic carbocycles. The highest BCUT2D eigenvalue weighted by atomic mass is 16.6. The number of rotatable bonds is 6. The maximum absolute atomic E-state index is 11.4. The fourth-order valence-corrected chi connectivity index (χ4v) is 3.02. The highest BCUT2D eigenvalue weighted by Crippen LogP contribution is 2.41. The molecule has 0 aliphatic heterocycles. The second-order valence-electron chi connectivity index (χ2n) is 6.27. The molecule has 0 aliphatic carbocycles.